The lowest BCUT2D eigenvalue weighted by atomic mass is 9.63. The molecule has 1 aliphatic heterocycles. The predicted octanol–water partition coefficient (Wildman–Crippen LogP) is 2.67. The molecule has 0 N–H and O–H groups in total. The lowest BCUT2D eigenvalue weighted by Gasteiger charge is -2.37. The molecular weight excluding hydrogens is 340 g/mol. The van der Waals surface area contributed by atoms with Gasteiger partial charge in [-0.25, -0.2) is 0 Å². The molecule has 3 fully saturated rings. The van der Waals surface area contributed by atoms with Gasteiger partial charge < -0.3 is 0 Å². The summed E-state index contributed by atoms with van der Waals surface area (Å²) < 4.78 is 0. The topological polar surface area (TPSA) is 57.7 Å². The molecule has 1 heterocycles. The van der Waals surface area contributed by atoms with E-state index in [9.17, 15) is 14.4 Å². The fourth-order valence-electron chi connectivity index (χ4n) is 5.75. The number of carbonyl (C=O) groups is 3. The minimum absolute atomic E-state index is 0.0126. The number of imide groups is 1. The van der Waals surface area contributed by atoms with Gasteiger partial charge in [-0.2, -0.15) is 0 Å². The van der Waals surface area contributed by atoms with E-state index in [4.69, 9.17) is 0 Å². The molecule has 1 aromatic carbocycles. The second kappa shape index (κ2) is 5.54. The first-order chi connectivity index (χ1) is 12.9. The van der Waals surface area contributed by atoms with E-state index in [-0.39, 0.29) is 48.1 Å². The van der Waals surface area contributed by atoms with Crippen molar-refractivity contribution in [2.24, 2.45) is 35.5 Å². The van der Waals surface area contributed by atoms with Crippen molar-refractivity contribution in [2.75, 3.05) is 11.6 Å². The quantitative estimate of drug-likeness (QED) is 0.612. The van der Waals surface area contributed by atoms with E-state index in [1.54, 1.807) is 4.90 Å². The summed E-state index contributed by atoms with van der Waals surface area (Å²) in [5.41, 5.74) is 2.83. The van der Waals surface area contributed by atoms with Crippen LogP contribution in [0.2, 0.25) is 0 Å². The Balaban J connectivity index is 1.45. The first-order valence-electron chi connectivity index (χ1n) is 9.77. The van der Waals surface area contributed by atoms with Crippen LogP contribution in [0.1, 0.15) is 24.5 Å². The van der Waals surface area contributed by atoms with Gasteiger partial charge in [-0.05, 0) is 55.6 Å². The van der Waals surface area contributed by atoms with Crippen LogP contribution >= 0.6 is 0 Å². The molecule has 140 valence electrons. The smallest absolute Gasteiger partial charge is 0.235 e. The molecule has 5 nitrogen and oxygen atoms in total. The SMILES string of the molecule is CC(=O)N(CN1C(=O)[C@@H]2[C@@H]3C=C[C@H]([C@@H]4C[C@H]34)[C@@H]2C1=O)c1ccc(C)cc1C. The third-order valence-electron chi connectivity index (χ3n) is 7.06. The van der Waals surface area contributed by atoms with E-state index in [1.807, 2.05) is 32.0 Å². The highest BCUT2D eigenvalue weighted by atomic mass is 16.2. The standard InChI is InChI=1S/C22H24N2O3/c1-11-4-7-18(12(2)8-11)23(13(3)25)10-24-21(26)19-14-5-6-15(17-9-16(14)17)20(19)22(24)27/h4-8,14-17,19-20H,9-10H2,1-3H3/t14-,15-,16-,17+,19-,20+/m1/s1. The normalized spacial score (nSPS) is 35.3. The lowest BCUT2D eigenvalue weighted by Crippen LogP contribution is -2.44. The largest absolute Gasteiger partial charge is 0.294 e. The summed E-state index contributed by atoms with van der Waals surface area (Å²) >= 11 is 0. The molecule has 0 spiro atoms. The van der Waals surface area contributed by atoms with E-state index in [0.29, 0.717) is 11.8 Å². The van der Waals surface area contributed by atoms with Crippen molar-refractivity contribution in [3.8, 4) is 0 Å². The number of anilines is 1. The van der Waals surface area contributed by atoms with Gasteiger partial charge >= 0.3 is 0 Å². The maximum absolute atomic E-state index is 13.2. The Kier molecular flexibility index (Phi) is 3.43. The molecule has 27 heavy (non-hydrogen) atoms. The van der Waals surface area contributed by atoms with Crippen LogP contribution in [0.25, 0.3) is 0 Å². The Labute approximate surface area is 159 Å². The molecule has 0 radical (unpaired) electrons. The van der Waals surface area contributed by atoms with Gasteiger partial charge in [0.05, 0.1) is 11.8 Å². The highest BCUT2D eigenvalue weighted by molar-refractivity contribution is 6.07. The third-order valence-corrected chi connectivity index (χ3v) is 7.06. The van der Waals surface area contributed by atoms with Gasteiger partial charge in [-0.1, -0.05) is 29.8 Å². The van der Waals surface area contributed by atoms with E-state index in [2.05, 4.69) is 12.2 Å². The summed E-state index contributed by atoms with van der Waals surface area (Å²) in [4.78, 5) is 41.6. The Morgan fingerprint density at radius 1 is 1.07 bits per heavy atom. The lowest BCUT2D eigenvalue weighted by molar-refractivity contribution is -0.140. The summed E-state index contributed by atoms with van der Waals surface area (Å²) in [6.45, 7) is 5.45. The van der Waals surface area contributed by atoms with Crippen molar-refractivity contribution < 1.29 is 14.4 Å². The van der Waals surface area contributed by atoms with E-state index < -0.39 is 0 Å². The number of hydrogen-bond donors (Lipinski definition) is 0. The Morgan fingerprint density at radius 2 is 1.67 bits per heavy atom. The fraction of sp³-hybridized carbons (Fsp3) is 0.500. The number of nitrogens with zero attached hydrogens (tertiary/aromatic N) is 2. The summed E-state index contributed by atoms with van der Waals surface area (Å²) in [6.07, 6.45) is 5.49. The van der Waals surface area contributed by atoms with Gasteiger partial charge in [0.2, 0.25) is 17.7 Å². The van der Waals surface area contributed by atoms with Crippen molar-refractivity contribution in [3.63, 3.8) is 0 Å². The number of hydrogen-bond acceptors (Lipinski definition) is 3. The molecule has 2 saturated carbocycles. The van der Waals surface area contributed by atoms with Gasteiger partial charge in [0.15, 0.2) is 0 Å². The molecule has 3 amide bonds. The van der Waals surface area contributed by atoms with Crippen LogP contribution in [-0.4, -0.2) is 29.3 Å². The zero-order chi connectivity index (χ0) is 19.0. The summed E-state index contributed by atoms with van der Waals surface area (Å²) in [5, 5.41) is 0. The summed E-state index contributed by atoms with van der Waals surface area (Å²) in [7, 11) is 0. The van der Waals surface area contributed by atoms with Gasteiger partial charge in [0, 0.05) is 12.6 Å². The molecule has 2 bridgehead atoms. The molecule has 5 aliphatic rings. The van der Waals surface area contributed by atoms with Crippen LogP contribution in [0, 0.1) is 49.4 Å². The summed E-state index contributed by atoms with van der Waals surface area (Å²) in [6, 6.07) is 5.85. The highest BCUT2D eigenvalue weighted by Crippen LogP contribution is 2.65. The first-order valence-corrected chi connectivity index (χ1v) is 9.77. The molecule has 1 aromatic rings. The zero-order valence-electron chi connectivity index (χ0n) is 15.9. The van der Waals surface area contributed by atoms with Crippen LogP contribution in [-0.2, 0) is 14.4 Å². The Bertz CT molecular complexity index is 869. The number of benzene rings is 1. The number of carbonyl (C=O) groups excluding carboxylic acids is 3. The van der Waals surface area contributed by atoms with E-state index >= 15 is 0 Å². The third kappa shape index (κ3) is 2.27. The van der Waals surface area contributed by atoms with Crippen molar-refractivity contribution in [1.29, 1.82) is 0 Å². The zero-order valence-corrected chi connectivity index (χ0v) is 15.9. The van der Waals surface area contributed by atoms with Crippen LogP contribution in [0.5, 0.6) is 0 Å². The predicted molar refractivity (Wildman–Crippen MR) is 100 cm³/mol. The second-order valence-corrected chi connectivity index (χ2v) is 8.64. The van der Waals surface area contributed by atoms with Crippen LogP contribution < -0.4 is 4.90 Å². The fourth-order valence-corrected chi connectivity index (χ4v) is 5.75. The molecule has 5 heteroatoms. The van der Waals surface area contributed by atoms with Crippen molar-refractivity contribution >= 4 is 23.4 Å². The molecule has 6 rings (SSSR count). The van der Waals surface area contributed by atoms with Crippen LogP contribution in [0.3, 0.4) is 0 Å². The number of rotatable bonds is 3. The molecule has 1 saturated heterocycles. The highest BCUT2D eigenvalue weighted by Gasteiger charge is 2.67. The molecule has 0 aromatic heterocycles. The van der Waals surface area contributed by atoms with E-state index in [1.165, 1.54) is 11.8 Å². The molecule has 0 unspecified atom stereocenters. The Hall–Kier alpha value is -2.43. The van der Waals surface area contributed by atoms with Crippen LogP contribution in [0.4, 0.5) is 5.69 Å². The van der Waals surface area contributed by atoms with Gasteiger partial charge in [-0.3, -0.25) is 24.2 Å². The van der Waals surface area contributed by atoms with Crippen molar-refractivity contribution in [1.82, 2.24) is 4.90 Å². The summed E-state index contributed by atoms with van der Waals surface area (Å²) in [5.74, 6) is 0.797. The number of aryl methyl sites for hydroxylation is 2. The van der Waals surface area contributed by atoms with Gasteiger partial charge in [0.25, 0.3) is 0 Å². The van der Waals surface area contributed by atoms with Gasteiger partial charge in [0.1, 0.15) is 6.67 Å². The second-order valence-electron chi connectivity index (χ2n) is 8.64. The number of likely N-dealkylation sites (tertiary alicyclic amines) is 1. The number of amides is 3. The minimum Gasteiger partial charge on any atom is -0.294 e. The Morgan fingerprint density at radius 3 is 2.19 bits per heavy atom. The van der Waals surface area contributed by atoms with E-state index in [0.717, 1.165) is 23.2 Å². The van der Waals surface area contributed by atoms with Gasteiger partial charge in [-0.15, -0.1) is 0 Å². The molecule has 6 atom stereocenters. The maximum Gasteiger partial charge on any atom is 0.235 e. The van der Waals surface area contributed by atoms with Crippen molar-refractivity contribution in [2.45, 2.75) is 27.2 Å². The minimum atomic E-state index is -0.218. The van der Waals surface area contributed by atoms with Crippen LogP contribution in [0.15, 0.2) is 30.4 Å². The average molecular weight is 364 g/mol. The first kappa shape index (κ1) is 16.7. The average Bonchev–Trinajstić information content (AvgIpc) is 3.40. The monoisotopic (exact) mass is 364 g/mol. The molecular formula is C22H24N2O3. The molecule has 4 aliphatic carbocycles. The maximum atomic E-state index is 13.2. The number of allylic oxidation sites excluding steroid dienone is 2. The van der Waals surface area contributed by atoms with Crippen molar-refractivity contribution in [3.05, 3.63) is 41.5 Å².